The normalized spacial score (nSPS) is 14.9. The first-order valence-electron chi connectivity index (χ1n) is 11.7. The zero-order valence-electron chi connectivity index (χ0n) is 19.3. The molecule has 0 unspecified atom stereocenters. The number of pyridine rings is 1. The second kappa shape index (κ2) is 11.2. The molecule has 3 aromatic rings. The minimum absolute atomic E-state index is 0.000682. The Hall–Kier alpha value is -3.38. The van der Waals surface area contributed by atoms with Gasteiger partial charge >= 0.3 is 0 Å². The molecule has 1 aliphatic heterocycles. The van der Waals surface area contributed by atoms with Crippen LogP contribution in [0.5, 0.6) is 0 Å². The van der Waals surface area contributed by atoms with Crippen LogP contribution < -0.4 is 10.2 Å². The van der Waals surface area contributed by atoms with Crippen molar-refractivity contribution in [1.29, 1.82) is 0 Å². The monoisotopic (exact) mass is 476 g/mol. The molecule has 1 aromatic heterocycles. The summed E-state index contributed by atoms with van der Waals surface area (Å²) in [5.41, 5.74) is 2.30. The Morgan fingerprint density at radius 1 is 1.00 bits per heavy atom. The van der Waals surface area contributed by atoms with E-state index in [1.807, 2.05) is 54.3 Å². The highest BCUT2D eigenvalue weighted by Gasteiger charge is 2.22. The Balaban J connectivity index is 1.36. The molecule has 0 saturated carbocycles. The van der Waals surface area contributed by atoms with Crippen LogP contribution in [0.3, 0.4) is 0 Å². The minimum Gasteiger partial charge on any atom is -0.355 e. The van der Waals surface area contributed by atoms with E-state index >= 15 is 0 Å². The number of carbonyl (C=O) groups is 2. The predicted molar refractivity (Wildman–Crippen MR) is 137 cm³/mol. The number of amides is 2. The van der Waals surface area contributed by atoms with Crippen LogP contribution in [-0.4, -0.2) is 47.9 Å². The number of anilines is 2. The number of nitrogens with zero attached hydrogens (tertiary/aromatic N) is 3. The SMILES string of the molecule is CC[C@H](C(=O)Nc1ccc(N2CCCN(C(=O)c3cccc(Cl)c3)CC2)nc1)c1ccccc1. The summed E-state index contributed by atoms with van der Waals surface area (Å²) in [6.45, 7) is 4.81. The standard InChI is InChI=1S/C27H29ClN4O2/c1-2-24(20-8-4-3-5-9-20)26(33)30-23-12-13-25(29-19-23)31-14-7-15-32(17-16-31)27(34)21-10-6-11-22(28)18-21/h3-6,8-13,18-19,24H,2,7,14-17H2,1H3,(H,30,33)/t24-/m0/s1. The molecule has 0 radical (unpaired) electrons. The van der Waals surface area contributed by atoms with Gasteiger partial charge in [0.1, 0.15) is 5.82 Å². The average Bonchev–Trinajstić information content (AvgIpc) is 3.12. The molecule has 0 spiro atoms. The van der Waals surface area contributed by atoms with E-state index in [2.05, 4.69) is 15.2 Å². The fourth-order valence-corrected chi connectivity index (χ4v) is 4.48. The third-order valence-corrected chi connectivity index (χ3v) is 6.36. The van der Waals surface area contributed by atoms with Gasteiger partial charge in [-0.05, 0) is 48.7 Å². The van der Waals surface area contributed by atoms with Gasteiger partial charge in [-0.15, -0.1) is 0 Å². The molecule has 7 heteroatoms. The number of halogens is 1. The van der Waals surface area contributed by atoms with E-state index in [9.17, 15) is 9.59 Å². The average molecular weight is 477 g/mol. The molecule has 176 valence electrons. The maximum Gasteiger partial charge on any atom is 0.253 e. The van der Waals surface area contributed by atoms with Crippen LogP contribution in [0.25, 0.3) is 0 Å². The molecular formula is C27H29ClN4O2. The largest absolute Gasteiger partial charge is 0.355 e. The van der Waals surface area contributed by atoms with Gasteiger partial charge in [0.15, 0.2) is 0 Å². The lowest BCUT2D eigenvalue weighted by Gasteiger charge is -2.23. The van der Waals surface area contributed by atoms with Crippen LogP contribution in [-0.2, 0) is 4.79 Å². The molecule has 0 bridgehead atoms. The lowest BCUT2D eigenvalue weighted by Crippen LogP contribution is -2.35. The molecule has 1 N–H and O–H groups in total. The highest BCUT2D eigenvalue weighted by atomic mass is 35.5. The van der Waals surface area contributed by atoms with Crippen molar-refractivity contribution in [2.24, 2.45) is 0 Å². The summed E-state index contributed by atoms with van der Waals surface area (Å²) < 4.78 is 0. The number of carbonyl (C=O) groups excluding carboxylic acids is 2. The topological polar surface area (TPSA) is 65.5 Å². The minimum atomic E-state index is -0.200. The predicted octanol–water partition coefficient (Wildman–Crippen LogP) is 5.22. The van der Waals surface area contributed by atoms with E-state index in [1.54, 1.807) is 30.5 Å². The summed E-state index contributed by atoms with van der Waals surface area (Å²) in [5, 5.41) is 3.56. The Morgan fingerprint density at radius 2 is 1.82 bits per heavy atom. The van der Waals surface area contributed by atoms with Gasteiger partial charge in [0, 0.05) is 36.8 Å². The summed E-state index contributed by atoms with van der Waals surface area (Å²) >= 11 is 6.05. The maximum atomic E-state index is 12.9. The lowest BCUT2D eigenvalue weighted by atomic mass is 9.95. The molecule has 34 heavy (non-hydrogen) atoms. The zero-order valence-corrected chi connectivity index (χ0v) is 20.0. The van der Waals surface area contributed by atoms with Crippen molar-refractivity contribution < 1.29 is 9.59 Å². The van der Waals surface area contributed by atoms with E-state index in [1.165, 1.54) is 0 Å². The fraction of sp³-hybridized carbons (Fsp3) is 0.296. The van der Waals surface area contributed by atoms with Crippen LogP contribution in [0.15, 0.2) is 72.9 Å². The summed E-state index contributed by atoms with van der Waals surface area (Å²) in [6.07, 6.45) is 3.27. The number of rotatable bonds is 6. The number of benzene rings is 2. The van der Waals surface area contributed by atoms with Crippen molar-refractivity contribution in [1.82, 2.24) is 9.88 Å². The van der Waals surface area contributed by atoms with E-state index < -0.39 is 0 Å². The first-order chi connectivity index (χ1) is 16.5. The second-order valence-corrected chi connectivity index (χ2v) is 8.85. The third kappa shape index (κ3) is 5.75. The smallest absolute Gasteiger partial charge is 0.253 e. The quantitative estimate of drug-likeness (QED) is 0.529. The molecule has 1 aliphatic rings. The first-order valence-corrected chi connectivity index (χ1v) is 12.0. The van der Waals surface area contributed by atoms with E-state index in [-0.39, 0.29) is 17.7 Å². The second-order valence-electron chi connectivity index (χ2n) is 8.41. The van der Waals surface area contributed by atoms with E-state index in [0.29, 0.717) is 35.9 Å². The Morgan fingerprint density at radius 3 is 2.53 bits per heavy atom. The third-order valence-electron chi connectivity index (χ3n) is 6.12. The Labute approximate surface area is 205 Å². The number of nitrogens with one attached hydrogen (secondary N) is 1. The van der Waals surface area contributed by atoms with E-state index in [4.69, 9.17) is 11.6 Å². The van der Waals surface area contributed by atoms with Gasteiger partial charge in [0.25, 0.3) is 5.91 Å². The molecular weight excluding hydrogens is 448 g/mol. The van der Waals surface area contributed by atoms with Gasteiger partial charge in [0.05, 0.1) is 17.8 Å². The van der Waals surface area contributed by atoms with E-state index in [0.717, 1.165) is 30.8 Å². The van der Waals surface area contributed by atoms with Crippen LogP contribution in [0.4, 0.5) is 11.5 Å². The molecule has 0 aliphatic carbocycles. The van der Waals surface area contributed by atoms with Crippen LogP contribution in [0.1, 0.15) is 41.6 Å². The molecule has 2 aromatic carbocycles. The van der Waals surface area contributed by atoms with Gasteiger partial charge in [0.2, 0.25) is 5.91 Å². The van der Waals surface area contributed by atoms with Gasteiger partial charge in [-0.3, -0.25) is 9.59 Å². The Bertz CT molecular complexity index is 1120. The van der Waals surface area contributed by atoms with Gasteiger partial charge in [-0.1, -0.05) is 54.9 Å². The van der Waals surface area contributed by atoms with Crippen molar-refractivity contribution in [3.8, 4) is 0 Å². The van der Waals surface area contributed by atoms with Crippen LogP contribution in [0.2, 0.25) is 5.02 Å². The summed E-state index contributed by atoms with van der Waals surface area (Å²) in [5.74, 6) is 0.604. The van der Waals surface area contributed by atoms with Crippen molar-refractivity contribution in [2.45, 2.75) is 25.7 Å². The van der Waals surface area contributed by atoms with Crippen molar-refractivity contribution in [3.05, 3.63) is 89.1 Å². The zero-order chi connectivity index (χ0) is 23.9. The molecule has 6 nitrogen and oxygen atoms in total. The van der Waals surface area contributed by atoms with Crippen molar-refractivity contribution in [2.75, 3.05) is 36.4 Å². The summed E-state index contributed by atoms with van der Waals surface area (Å²) in [6, 6.07) is 20.7. The fourth-order valence-electron chi connectivity index (χ4n) is 4.29. The molecule has 1 saturated heterocycles. The highest BCUT2D eigenvalue weighted by molar-refractivity contribution is 6.30. The van der Waals surface area contributed by atoms with Crippen molar-refractivity contribution >= 4 is 34.9 Å². The van der Waals surface area contributed by atoms with Gasteiger partial charge < -0.3 is 15.1 Å². The first kappa shape index (κ1) is 23.8. The van der Waals surface area contributed by atoms with Crippen LogP contribution in [0, 0.1) is 0 Å². The summed E-state index contributed by atoms with van der Waals surface area (Å²) in [4.78, 5) is 34.3. The maximum absolute atomic E-state index is 12.9. The molecule has 4 rings (SSSR count). The van der Waals surface area contributed by atoms with Gasteiger partial charge in [-0.25, -0.2) is 4.98 Å². The summed E-state index contributed by atoms with van der Waals surface area (Å²) in [7, 11) is 0. The van der Waals surface area contributed by atoms with Gasteiger partial charge in [-0.2, -0.15) is 0 Å². The number of aromatic nitrogens is 1. The highest BCUT2D eigenvalue weighted by Crippen LogP contribution is 2.23. The molecule has 2 amide bonds. The number of hydrogen-bond acceptors (Lipinski definition) is 4. The number of hydrogen-bond donors (Lipinski definition) is 1. The van der Waals surface area contributed by atoms with Crippen LogP contribution >= 0.6 is 11.6 Å². The lowest BCUT2D eigenvalue weighted by molar-refractivity contribution is -0.117. The molecule has 2 heterocycles. The van der Waals surface area contributed by atoms with Crippen molar-refractivity contribution in [3.63, 3.8) is 0 Å². The molecule has 1 fully saturated rings. The Kier molecular flexibility index (Phi) is 7.80. The molecule has 1 atom stereocenters.